The summed E-state index contributed by atoms with van der Waals surface area (Å²) in [4.78, 5) is 0. The molecular weight excluding hydrogens is 122 g/mol. The summed E-state index contributed by atoms with van der Waals surface area (Å²) in [6.45, 7) is 2.17. The van der Waals surface area contributed by atoms with Gasteiger partial charge in [0.1, 0.15) is 0 Å². The Morgan fingerprint density at radius 2 is 2.20 bits per heavy atom. The van der Waals surface area contributed by atoms with Crippen LogP contribution in [0.5, 0.6) is 0 Å². The van der Waals surface area contributed by atoms with E-state index in [1.165, 1.54) is 12.0 Å². The fourth-order valence-electron chi connectivity index (χ4n) is 1.04. The van der Waals surface area contributed by atoms with E-state index < -0.39 is 0 Å². The van der Waals surface area contributed by atoms with Gasteiger partial charge in [-0.15, -0.1) is 0 Å². The van der Waals surface area contributed by atoms with E-state index in [4.69, 9.17) is 5.73 Å². The maximum Gasteiger partial charge on any atom is 0.0316 e. The Morgan fingerprint density at radius 1 is 1.40 bits per heavy atom. The second-order valence-electron chi connectivity index (χ2n) is 2.50. The van der Waals surface area contributed by atoms with Crippen LogP contribution in [0.2, 0.25) is 0 Å². The van der Waals surface area contributed by atoms with Gasteiger partial charge in [0.25, 0.3) is 0 Å². The second-order valence-corrected chi connectivity index (χ2v) is 2.50. The van der Waals surface area contributed by atoms with Gasteiger partial charge in [-0.1, -0.05) is 25.5 Å². The molecule has 0 saturated carbocycles. The number of aryl methyl sites for hydroxylation is 1. The molecule has 0 unspecified atom stereocenters. The molecule has 1 aromatic carbocycles. The van der Waals surface area contributed by atoms with Crippen LogP contribution in [-0.2, 0) is 6.42 Å². The molecule has 0 fully saturated rings. The van der Waals surface area contributed by atoms with Crippen LogP contribution in [0, 0.1) is 0 Å². The Bertz CT molecular complexity index is 206. The topological polar surface area (TPSA) is 26.0 Å². The summed E-state index contributed by atoms with van der Waals surface area (Å²) >= 11 is 0. The Hall–Kier alpha value is -0.980. The number of rotatable bonds is 2. The van der Waals surface area contributed by atoms with E-state index in [9.17, 15) is 0 Å². The lowest BCUT2D eigenvalue weighted by Gasteiger charge is -1.98. The fourth-order valence-corrected chi connectivity index (χ4v) is 1.04. The van der Waals surface area contributed by atoms with E-state index in [1.54, 1.807) is 0 Å². The minimum atomic E-state index is 0.867. The molecule has 0 spiro atoms. The SMILES string of the molecule is CCCc1cccc(N)c1. The smallest absolute Gasteiger partial charge is 0.0316 e. The van der Waals surface area contributed by atoms with E-state index in [0.717, 1.165) is 12.1 Å². The zero-order chi connectivity index (χ0) is 7.40. The number of hydrogen-bond acceptors (Lipinski definition) is 1. The van der Waals surface area contributed by atoms with Crippen LogP contribution < -0.4 is 5.73 Å². The average molecular weight is 135 g/mol. The first-order chi connectivity index (χ1) is 4.83. The molecule has 0 aromatic heterocycles. The molecule has 1 aromatic rings. The van der Waals surface area contributed by atoms with E-state index in [2.05, 4.69) is 13.0 Å². The van der Waals surface area contributed by atoms with Crippen molar-refractivity contribution in [3.8, 4) is 0 Å². The highest BCUT2D eigenvalue weighted by molar-refractivity contribution is 5.40. The third-order valence-corrected chi connectivity index (χ3v) is 1.49. The van der Waals surface area contributed by atoms with Crippen LogP contribution in [0.4, 0.5) is 5.69 Å². The summed E-state index contributed by atoms with van der Waals surface area (Å²) in [5.74, 6) is 0. The first-order valence-electron chi connectivity index (χ1n) is 3.67. The van der Waals surface area contributed by atoms with E-state index >= 15 is 0 Å². The van der Waals surface area contributed by atoms with Crippen molar-refractivity contribution in [1.29, 1.82) is 0 Å². The lowest BCUT2D eigenvalue weighted by atomic mass is 10.1. The summed E-state index contributed by atoms with van der Waals surface area (Å²) in [5, 5.41) is 0. The molecule has 2 N–H and O–H groups in total. The number of nitrogen functional groups attached to an aromatic ring is 1. The van der Waals surface area contributed by atoms with Gasteiger partial charge < -0.3 is 5.73 Å². The zero-order valence-corrected chi connectivity index (χ0v) is 6.30. The molecule has 0 aliphatic carbocycles. The van der Waals surface area contributed by atoms with Crippen molar-refractivity contribution in [3.63, 3.8) is 0 Å². The predicted molar refractivity (Wildman–Crippen MR) is 44.8 cm³/mol. The van der Waals surface area contributed by atoms with Gasteiger partial charge in [0, 0.05) is 5.69 Å². The van der Waals surface area contributed by atoms with E-state index in [-0.39, 0.29) is 0 Å². The summed E-state index contributed by atoms with van der Waals surface area (Å²) < 4.78 is 0. The monoisotopic (exact) mass is 135 g/mol. The molecule has 1 rings (SSSR count). The third kappa shape index (κ3) is 1.76. The highest BCUT2D eigenvalue weighted by Crippen LogP contribution is 2.07. The van der Waals surface area contributed by atoms with Crippen LogP contribution in [-0.4, -0.2) is 0 Å². The van der Waals surface area contributed by atoms with Crippen LogP contribution in [0.15, 0.2) is 24.3 Å². The fraction of sp³-hybridized carbons (Fsp3) is 0.333. The molecule has 0 amide bonds. The van der Waals surface area contributed by atoms with E-state index in [1.807, 2.05) is 18.2 Å². The van der Waals surface area contributed by atoms with Crippen molar-refractivity contribution in [2.75, 3.05) is 5.73 Å². The van der Waals surface area contributed by atoms with Crippen LogP contribution in [0.25, 0.3) is 0 Å². The van der Waals surface area contributed by atoms with Crippen molar-refractivity contribution in [3.05, 3.63) is 29.8 Å². The van der Waals surface area contributed by atoms with Crippen molar-refractivity contribution < 1.29 is 0 Å². The summed E-state index contributed by atoms with van der Waals surface area (Å²) in [5.41, 5.74) is 7.79. The molecule has 0 bridgehead atoms. The molecule has 0 saturated heterocycles. The van der Waals surface area contributed by atoms with E-state index in [0.29, 0.717) is 0 Å². The summed E-state index contributed by atoms with van der Waals surface area (Å²) in [7, 11) is 0. The first-order valence-corrected chi connectivity index (χ1v) is 3.67. The molecule has 1 heteroatoms. The van der Waals surface area contributed by atoms with Gasteiger partial charge in [-0.2, -0.15) is 0 Å². The molecule has 54 valence electrons. The minimum absolute atomic E-state index is 0.867. The van der Waals surface area contributed by atoms with Gasteiger partial charge in [-0.25, -0.2) is 0 Å². The van der Waals surface area contributed by atoms with Crippen molar-refractivity contribution >= 4 is 5.69 Å². The standard InChI is InChI=1S/C9H13N/c1-2-4-8-5-3-6-9(10)7-8/h3,5-7H,2,4,10H2,1H3. The second kappa shape index (κ2) is 3.25. The van der Waals surface area contributed by atoms with Crippen molar-refractivity contribution in [2.45, 2.75) is 19.8 Å². The molecule has 1 nitrogen and oxygen atoms in total. The molecular formula is C9H13N. The quantitative estimate of drug-likeness (QED) is 0.618. The minimum Gasteiger partial charge on any atom is -0.399 e. The largest absolute Gasteiger partial charge is 0.399 e. The van der Waals surface area contributed by atoms with Gasteiger partial charge in [0.05, 0.1) is 0 Å². The Kier molecular flexibility index (Phi) is 2.32. The normalized spacial score (nSPS) is 9.70. The highest BCUT2D eigenvalue weighted by atomic mass is 14.5. The third-order valence-electron chi connectivity index (χ3n) is 1.49. The molecule has 0 aliphatic rings. The van der Waals surface area contributed by atoms with Gasteiger partial charge in [-0.3, -0.25) is 0 Å². The average Bonchev–Trinajstić information content (AvgIpc) is 1.88. The number of nitrogens with two attached hydrogens (primary N) is 1. The zero-order valence-electron chi connectivity index (χ0n) is 6.30. The Morgan fingerprint density at radius 3 is 2.80 bits per heavy atom. The van der Waals surface area contributed by atoms with Crippen LogP contribution in [0.3, 0.4) is 0 Å². The molecule has 0 heterocycles. The van der Waals surface area contributed by atoms with Gasteiger partial charge in [0.15, 0.2) is 0 Å². The maximum absolute atomic E-state index is 5.59. The first kappa shape index (κ1) is 7.13. The van der Waals surface area contributed by atoms with Crippen LogP contribution >= 0.6 is 0 Å². The molecule has 0 atom stereocenters. The number of anilines is 1. The van der Waals surface area contributed by atoms with Crippen molar-refractivity contribution in [2.24, 2.45) is 0 Å². The highest BCUT2D eigenvalue weighted by Gasteiger charge is 1.89. The molecule has 10 heavy (non-hydrogen) atoms. The lowest BCUT2D eigenvalue weighted by Crippen LogP contribution is -1.87. The lowest BCUT2D eigenvalue weighted by molar-refractivity contribution is 0.922. The Labute approximate surface area is 61.9 Å². The van der Waals surface area contributed by atoms with Gasteiger partial charge >= 0.3 is 0 Å². The van der Waals surface area contributed by atoms with Crippen LogP contribution in [0.1, 0.15) is 18.9 Å². The Balaban J connectivity index is 2.75. The molecule has 0 aliphatic heterocycles. The maximum atomic E-state index is 5.59. The molecule has 0 radical (unpaired) electrons. The number of hydrogen-bond donors (Lipinski definition) is 1. The summed E-state index contributed by atoms with van der Waals surface area (Å²) in [6, 6.07) is 8.06. The predicted octanol–water partition coefficient (Wildman–Crippen LogP) is 2.22. The van der Waals surface area contributed by atoms with Gasteiger partial charge in [0.2, 0.25) is 0 Å². The summed E-state index contributed by atoms with van der Waals surface area (Å²) in [6.07, 6.45) is 2.31. The number of benzene rings is 1. The van der Waals surface area contributed by atoms with Gasteiger partial charge in [-0.05, 0) is 24.1 Å². The van der Waals surface area contributed by atoms with Crippen molar-refractivity contribution in [1.82, 2.24) is 0 Å².